The molecule has 0 aliphatic rings. The molecule has 0 unspecified atom stereocenters. The molecular formula is C24H18N2O. The van der Waals surface area contributed by atoms with Crippen molar-refractivity contribution in [3.63, 3.8) is 0 Å². The van der Waals surface area contributed by atoms with Crippen molar-refractivity contribution < 1.29 is 0 Å². The Balaban J connectivity index is 1.97. The molecule has 3 heteroatoms. The highest BCUT2D eigenvalue weighted by Crippen LogP contribution is 2.33. The Morgan fingerprint density at radius 3 is 2.26 bits per heavy atom. The van der Waals surface area contributed by atoms with Crippen molar-refractivity contribution in [1.29, 1.82) is 0 Å². The quantitative estimate of drug-likeness (QED) is 0.452. The van der Waals surface area contributed by atoms with Crippen LogP contribution >= 0.6 is 0 Å². The van der Waals surface area contributed by atoms with Crippen molar-refractivity contribution >= 4 is 21.8 Å². The molecule has 0 amide bonds. The molecule has 0 atom stereocenters. The van der Waals surface area contributed by atoms with E-state index in [0.29, 0.717) is 0 Å². The topological polar surface area (TPSA) is 37.8 Å². The molecule has 27 heavy (non-hydrogen) atoms. The monoisotopic (exact) mass is 350 g/mol. The van der Waals surface area contributed by atoms with E-state index in [0.717, 1.165) is 38.8 Å². The van der Waals surface area contributed by atoms with Gasteiger partial charge in [-0.1, -0.05) is 66.2 Å². The Labute approximate surface area is 156 Å². The molecule has 0 spiro atoms. The van der Waals surface area contributed by atoms with E-state index in [-0.39, 0.29) is 5.56 Å². The Bertz CT molecular complexity index is 1330. The lowest BCUT2D eigenvalue weighted by Crippen LogP contribution is -2.19. The first kappa shape index (κ1) is 15.6. The zero-order valence-electron chi connectivity index (χ0n) is 14.9. The van der Waals surface area contributed by atoms with E-state index in [2.05, 4.69) is 11.1 Å². The maximum atomic E-state index is 13.2. The molecule has 0 saturated carbocycles. The maximum absolute atomic E-state index is 13.2. The highest BCUT2D eigenvalue weighted by molar-refractivity contribution is 6.11. The fourth-order valence-electron chi connectivity index (χ4n) is 3.73. The molecule has 5 aromatic rings. The third kappa shape index (κ3) is 2.48. The average Bonchev–Trinajstić information content (AvgIpc) is 3.07. The molecule has 0 bridgehead atoms. The third-order valence-corrected chi connectivity index (χ3v) is 5.03. The first-order valence-corrected chi connectivity index (χ1v) is 9.01. The fourth-order valence-corrected chi connectivity index (χ4v) is 3.73. The summed E-state index contributed by atoms with van der Waals surface area (Å²) in [5.41, 5.74) is 5.90. The predicted octanol–water partition coefficient (Wildman–Crippen LogP) is 5.45. The van der Waals surface area contributed by atoms with Gasteiger partial charge in [0.1, 0.15) is 0 Å². The number of aryl methyl sites for hydroxylation is 1. The second-order valence-electron chi connectivity index (χ2n) is 6.83. The number of pyridine rings is 1. The van der Waals surface area contributed by atoms with E-state index in [1.54, 1.807) is 10.6 Å². The number of fused-ring (bicyclic) bond motifs is 3. The molecule has 3 aromatic carbocycles. The summed E-state index contributed by atoms with van der Waals surface area (Å²) >= 11 is 0. The summed E-state index contributed by atoms with van der Waals surface area (Å²) in [6, 6.07) is 28.0. The number of rotatable bonds is 2. The Hall–Kier alpha value is -3.59. The van der Waals surface area contributed by atoms with Crippen molar-refractivity contribution in [3.05, 3.63) is 101 Å². The largest absolute Gasteiger partial charge is 0.353 e. The first-order chi connectivity index (χ1) is 13.2. The minimum atomic E-state index is -0.0324. The summed E-state index contributed by atoms with van der Waals surface area (Å²) in [4.78, 5) is 16.7. The minimum Gasteiger partial charge on any atom is -0.353 e. The van der Waals surface area contributed by atoms with Crippen LogP contribution in [0.3, 0.4) is 0 Å². The lowest BCUT2D eigenvalue weighted by Gasteiger charge is -2.15. The van der Waals surface area contributed by atoms with Gasteiger partial charge in [-0.05, 0) is 25.1 Å². The molecule has 0 radical (unpaired) electrons. The number of aromatic amines is 1. The van der Waals surface area contributed by atoms with E-state index < -0.39 is 0 Å². The van der Waals surface area contributed by atoms with Crippen LogP contribution in [0.4, 0.5) is 0 Å². The van der Waals surface area contributed by atoms with Crippen molar-refractivity contribution in [2.45, 2.75) is 6.92 Å². The van der Waals surface area contributed by atoms with Gasteiger partial charge in [0.25, 0.3) is 5.56 Å². The number of para-hydroxylation sites is 1. The van der Waals surface area contributed by atoms with Crippen LogP contribution in [0.5, 0.6) is 0 Å². The number of hydrogen-bond donors (Lipinski definition) is 1. The van der Waals surface area contributed by atoms with Crippen LogP contribution in [-0.4, -0.2) is 9.55 Å². The summed E-state index contributed by atoms with van der Waals surface area (Å²) in [5, 5.41) is 2.02. The molecule has 5 rings (SSSR count). The second kappa shape index (κ2) is 5.99. The highest BCUT2D eigenvalue weighted by Gasteiger charge is 2.17. The number of hydrogen-bond acceptors (Lipinski definition) is 1. The summed E-state index contributed by atoms with van der Waals surface area (Å²) in [6.45, 7) is 2.05. The molecule has 0 saturated heterocycles. The van der Waals surface area contributed by atoms with Crippen LogP contribution in [0, 0.1) is 6.92 Å². The molecular weight excluding hydrogens is 332 g/mol. The van der Waals surface area contributed by atoms with Crippen LogP contribution < -0.4 is 5.56 Å². The number of nitrogens with zero attached hydrogens (tertiary/aromatic N) is 1. The van der Waals surface area contributed by atoms with E-state index in [1.807, 2.05) is 79.7 Å². The Morgan fingerprint density at radius 2 is 1.48 bits per heavy atom. The van der Waals surface area contributed by atoms with Crippen LogP contribution in [0.15, 0.2) is 89.7 Å². The maximum Gasteiger partial charge on any atom is 0.256 e. The molecule has 3 nitrogen and oxygen atoms in total. The van der Waals surface area contributed by atoms with Crippen molar-refractivity contribution in [3.8, 4) is 16.9 Å². The standard InChI is InChI=1S/C24H18N2O/c1-16-11-13-18(14-12-16)26-22(27)15-20-19-9-5-6-10-21(19)25-23(20)24(26)17-7-3-2-4-8-17/h2-15,25H,1H3. The number of H-pyrrole nitrogens is 1. The molecule has 130 valence electrons. The Kier molecular flexibility index (Phi) is 3.47. The SMILES string of the molecule is Cc1ccc(-n2c(-c3ccccc3)c3[nH]c4ccccc4c3cc2=O)cc1. The van der Waals surface area contributed by atoms with E-state index >= 15 is 0 Å². The van der Waals surface area contributed by atoms with Gasteiger partial charge in [-0.25, -0.2) is 0 Å². The highest BCUT2D eigenvalue weighted by atomic mass is 16.1. The van der Waals surface area contributed by atoms with Gasteiger partial charge in [-0.3, -0.25) is 9.36 Å². The van der Waals surface area contributed by atoms with Gasteiger partial charge in [0.15, 0.2) is 0 Å². The molecule has 0 aliphatic carbocycles. The van der Waals surface area contributed by atoms with Gasteiger partial charge < -0.3 is 4.98 Å². The zero-order chi connectivity index (χ0) is 18.4. The van der Waals surface area contributed by atoms with Gasteiger partial charge >= 0.3 is 0 Å². The molecule has 0 aliphatic heterocycles. The van der Waals surface area contributed by atoms with Gasteiger partial charge in [0.05, 0.1) is 11.2 Å². The molecule has 1 N–H and O–H groups in total. The van der Waals surface area contributed by atoms with Gasteiger partial charge in [-0.15, -0.1) is 0 Å². The molecule has 2 aromatic heterocycles. The second-order valence-corrected chi connectivity index (χ2v) is 6.83. The summed E-state index contributed by atoms with van der Waals surface area (Å²) in [7, 11) is 0. The van der Waals surface area contributed by atoms with Gasteiger partial charge in [-0.2, -0.15) is 0 Å². The van der Waals surface area contributed by atoms with Crippen LogP contribution in [0.1, 0.15) is 5.56 Å². The van der Waals surface area contributed by atoms with E-state index in [4.69, 9.17) is 0 Å². The van der Waals surface area contributed by atoms with Gasteiger partial charge in [0.2, 0.25) is 0 Å². The van der Waals surface area contributed by atoms with E-state index in [9.17, 15) is 4.79 Å². The predicted molar refractivity (Wildman–Crippen MR) is 112 cm³/mol. The zero-order valence-corrected chi connectivity index (χ0v) is 14.9. The summed E-state index contributed by atoms with van der Waals surface area (Å²) in [6.07, 6.45) is 0. The lowest BCUT2D eigenvalue weighted by molar-refractivity contribution is 1.01. The summed E-state index contributed by atoms with van der Waals surface area (Å²) < 4.78 is 1.80. The lowest BCUT2D eigenvalue weighted by atomic mass is 10.1. The first-order valence-electron chi connectivity index (χ1n) is 9.01. The summed E-state index contributed by atoms with van der Waals surface area (Å²) in [5.74, 6) is 0. The fraction of sp³-hybridized carbons (Fsp3) is 0.0417. The van der Waals surface area contributed by atoms with Crippen molar-refractivity contribution in [1.82, 2.24) is 9.55 Å². The van der Waals surface area contributed by atoms with Crippen LogP contribution in [-0.2, 0) is 0 Å². The smallest absolute Gasteiger partial charge is 0.256 e. The molecule has 2 heterocycles. The van der Waals surface area contributed by atoms with E-state index in [1.165, 1.54) is 5.56 Å². The number of aromatic nitrogens is 2. The average molecular weight is 350 g/mol. The van der Waals surface area contributed by atoms with Crippen LogP contribution in [0.25, 0.3) is 38.8 Å². The van der Waals surface area contributed by atoms with Gasteiger partial charge in [0, 0.05) is 33.6 Å². The molecule has 0 fully saturated rings. The van der Waals surface area contributed by atoms with Crippen molar-refractivity contribution in [2.24, 2.45) is 0 Å². The number of benzene rings is 3. The van der Waals surface area contributed by atoms with Crippen molar-refractivity contribution in [2.75, 3.05) is 0 Å². The van der Waals surface area contributed by atoms with Crippen LogP contribution in [0.2, 0.25) is 0 Å². The third-order valence-electron chi connectivity index (χ3n) is 5.03. The Morgan fingerprint density at radius 1 is 0.778 bits per heavy atom. The number of nitrogens with one attached hydrogen (secondary N) is 1. The minimum absolute atomic E-state index is 0.0324. The normalized spacial score (nSPS) is 11.3.